The standard InChI is InChI=1S/C12H14N2O5/c15-12(16)10-8-9(14(17)18)2-3-11(10)13-4-1-6-19-7-5-13/h2-3,8H,1,4-7H2,(H,15,16). The Kier molecular flexibility index (Phi) is 3.96. The Hall–Kier alpha value is -2.15. The second-order valence-corrected chi connectivity index (χ2v) is 4.22. The van der Waals surface area contributed by atoms with Gasteiger partial charge in [-0.25, -0.2) is 4.79 Å². The van der Waals surface area contributed by atoms with Gasteiger partial charge in [0.15, 0.2) is 0 Å². The van der Waals surface area contributed by atoms with E-state index in [1.807, 2.05) is 4.90 Å². The fourth-order valence-corrected chi connectivity index (χ4v) is 2.07. The number of benzene rings is 1. The fraction of sp³-hybridized carbons (Fsp3) is 0.417. The summed E-state index contributed by atoms with van der Waals surface area (Å²) < 4.78 is 5.31. The molecule has 1 saturated heterocycles. The summed E-state index contributed by atoms with van der Waals surface area (Å²) in [6, 6.07) is 3.92. The Bertz CT molecular complexity index is 495. The molecular formula is C12H14N2O5. The lowest BCUT2D eigenvalue weighted by Gasteiger charge is -2.23. The molecule has 0 radical (unpaired) electrons. The van der Waals surface area contributed by atoms with Crippen LogP contribution in [0.15, 0.2) is 18.2 Å². The number of ether oxygens (including phenoxy) is 1. The minimum atomic E-state index is -1.16. The summed E-state index contributed by atoms with van der Waals surface area (Å²) in [5.74, 6) is -1.16. The number of carboxylic acids is 1. The average molecular weight is 266 g/mol. The predicted octanol–water partition coefficient (Wildman–Crippen LogP) is 1.52. The van der Waals surface area contributed by atoms with Crippen LogP contribution in [0.25, 0.3) is 0 Å². The van der Waals surface area contributed by atoms with Crippen LogP contribution in [0.1, 0.15) is 16.8 Å². The molecule has 7 heteroatoms. The Balaban J connectivity index is 2.37. The van der Waals surface area contributed by atoms with E-state index in [0.29, 0.717) is 32.0 Å². The maximum absolute atomic E-state index is 11.2. The summed E-state index contributed by atoms with van der Waals surface area (Å²) in [6.45, 7) is 2.43. The van der Waals surface area contributed by atoms with Gasteiger partial charge < -0.3 is 14.7 Å². The van der Waals surface area contributed by atoms with Crippen LogP contribution in [0, 0.1) is 10.1 Å². The summed E-state index contributed by atoms with van der Waals surface area (Å²) in [6.07, 6.45) is 0.802. The van der Waals surface area contributed by atoms with E-state index in [1.54, 1.807) is 0 Å². The van der Waals surface area contributed by atoms with E-state index in [1.165, 1.54) is 12.1 Å². The van der Waals surface area contributed by atoms with Crippen molar-refractivity contribution in [3.05, 3.63) is 33.9 Å². The van der Waals surface area contributed by atoms with Gasteiger partial charge in [-0.2, -0.15) is 0 Å². The molecule has 0 spiro atoms. The highest BCUT2D eigenvalue weighted by Gasteiger charge is 2.20. The highest BCUT2D eigenvalue weighted by Crippen LogP contribution is 2.26. The first kappa shape index (κ1) is 13.3. The van der Waals surface area contributed by atoms with Crippen molar-refractivity contribution in [1.82, 2.24) is 0 Å². The van der Waals surface area contributed by atoms with Crippen molar-refractivity contribution in [2.24, 2.45) is 0 Å². The lowest BCUT2D eigenvalue weighted by Crippen LogP contribution is -2.27. The van der Waals surface area contributed by atoms with E-state index in [2.05, 4.69) is 0 Å². The van der Waals surface area contributed by atoms with Gasteiger partial charge in [0, 0.05) is 31.8 Å². The van der Waals surface area contributed by atoms with Crippen molar-refractivity contribution in [3.8, 4) is 0 Å². The third-order valence-electron chi connectivity index (χ3n) is 2.98. The first-order valence-electron chi connectivity index (χ1n) is 5.94. The number of carboxylic acid groups (broad SMARTS) is 1. The Morgan fingerprint density at radius 3 is 2.84 bits per heavy atom. The Labute approximate surface area is 109 Å². The molecule has 0 amide bonds. The smallest absolute Gasteiger partial charge is 0.338 e. The highest BCUT2D eigenvalue weighted by molar-refractivity contribution is 5.95. The lowest BCUT2D eigenvalue weighted by molar-refractivity contribution is -0.384. The molecule has 1 heterocycles. The van der Waals surface area contributed by atoms with Crippen LogP contribution in [0.2, 0.25) is 0 Å². The zero-order valence-corrected chi connectivity index (χ0v) is 10.2. The van der Waals surface area contributed by atoms with Gasteiger partial charge in [-0.1, -0.05) is 0 Å². The molecule has 1 fully saturated rings. The quantitative estimate of drug-likeness (QED) is 0.658. The highest BCUT2D eigenvalue weighted by atomic mass is 16.6. The normalized spacial score (nSPS) is 15.9. The number of nitro benzene ring substituents is 1. The van der Waals surface area contributed by atoms with Crippen molar-refractivity contribution in [3.63, 3.8) is 0 Å². The topological polar surface area (TPSA) is 92.9 Å². The number of aromatic carboxylic acids is 1. The molecule has 0 atom stereocenters. The Morgan fingerprint density at radius 1 is 1.37 bits per heavy atom. The summed E-state index contributed by atoms with van der Waals surface area (Å²) >= 11 is 0. The van der Waals surface area contributed by atoms with Crippen molar-refractivity contribution < 1.29 is 19.6 Å². The van der Waals surface area contributed by atoms with Crippen LogP contribution in [-0.2, 0) is 4.74 Å². The zero-order valence-electron chi connectivity index (χ0n) is 10.2. The predicted molar refractivity (Wildman–Crippen MR) is 67.7 cm³/mol. The van der Waals surface area contributed by atoms with Gasteiger partial charge in [0.05, 0.1) is 22.8 Å². The van der Waals surface area contributed by atoms with Gasteiger partial charge in [-0.15, -0.1) is 0 Å². The number of non-ortho nitro benzene ring substituents is 1. The number of anilines is 1. The zero-order chi connectivity index (χ0) is 13.8. The van der Waals surface area contributed by atoms with Crippen molar-refractivity contribution >= 4 is 17.3 Å². The van der Waals surface area contributed by atoms with Crippen LogP contribution >= 0.6 is 0 Å². The number of hydrogen-bond donors (Lipinski definition) is 1. The van der Waals surface area contributed by atoms with E-state index in [9.17, 15) is 20.0 Å². The molecule has 1 aromatic carbocycles. The fourth-order valence-electron chi connectivity index (χ4n) is 2.07. The lowest BCUT2D eigenvalue weighted by atomic mass is 10.1. The second-order valence-electron chi connectivity index (χ2n) is 4.22. The third kappa shape index (κ3) is 3.00. The maximum Gasteiger partial charge on any atom is 0.338 e. The van der Waals surface area contributed by atoms with Crippen molar-refractivity contribution in [2.45, 2.75) is 6.42 Å². The van der Waals surface area contributed by atoms with Crippen LogP contribution in [0.5, 0.6) is 0 Å². The molecule has 0 aromatic heterocycles. The summed E-state index contributed by atoms with van der Waals surface area (Å²) in [4.78, 5) is 23.2. The molecule has 0 saturated carbocycles. The first-order chi connectivity index (χ1) is 9.09. The molecule has 1 aromatic rings. The molecule has 7 nitrogen and oxygen atoms in total. The molecule has 102 valence electrons. The van der Waals surface area contributed by atoms with Gasteiger partial charge in [-0.3, -0.25) is 10.1 Å². The van der Waals surface area contributed by atoms with Crippen molar-refractivity contribution in [1.29, 1.82) is 0 Å². The number of rotatable bonds is 3. The monoisotopic (exact) mass is 266 g/mol. The minimum absolute atomic E-state index is 0.0453. The number of carbonyl (C=O) groups is 1. The second kappa shape index (κ2) is 5.66. The SMILES string of the molecule is O=C(O)c1cc([N+](=O)[O-])ccc1N1CCCOCC1. The number of hydrogen-bond acceptors (Lipinski definition) is 5. The van der Waals surface area contributed by atoms with Crippen LogP contribution in [-0.4, -0.2) is 42.3 Å². The molecule has 2 rings (SSSR count). The summed E-state index contributed by atoms with van der Waals surface area (Å²) in [5.41, 5.74) is 0.243. The largest absolute Gasteiger partial charge is 0.478 e. The van der Waals surface area contributed by atoms with Crippen LogP contribution in [0.4, 0.5) is 11.4 Å². The minimum Gasteiger partial charge on any atom is -0.478 e. The average Bonchev–Trinajstić information content (AvgIpc) is 2.66. The Morgan fingerprint density at radius 2 is 2.16 bits per heavy atom. The molecule has 1 aliphatic heterocycles. The molecule has 1 aliphatic rings. The van der Waals surface area contributed by atoms with Gasteiger partial charge in [0.2, 0.25) is 0 Å². The molecule has 0 aliphatic carbocycles. The van der Waals surface area contributed by atoms with Gasteiger partial charge in [-0.05, 0) is 12.5 Å². The van der Waals surface area contributed by atoms with Gasteiger partial charge >= 0.3 is 5.97 Å². The molecule has 1 N–H and O–H groups in total. The van der Waals surface area contributed by atoms with Gasteiger partial charge in [0.1, 0.15) is 0 Å². The summed E-state index contributed by atoms with van der Waals surface area (Å²) in [5, 5.41) is 19.9. The molecule has 0 unspecified atom stereocenters. The molecule has 0 bridgehead atoms. The van der Waals surface area contributed by atoms with E-state index in [-0.39, 0.29) is 11.3 Å². The first-order valence-corrected chi connectivity index (χ1v) is 5.94. The van der Waals surface area contributed by atoms with Crippen molar-refractivity contribution in [2.75, 3.05) is 31.2 Å². The third-order valence-corrected chi connectivity index (χ3v) is 2.98. The summed E-state index contributed by atoms with van der Waals surface area (Å²) in [7, 11) is 0. The van der Waals surface area contributed by atoms with Crippen LogP contribution < -0.4 is 4.90 Å². The van der Waals surface area contributed by atoms with E-state index < -0.39 is 10.9 Å². The van der Waals surface area contributed by atoms with E-state index >= 15 is 0 Å². The molecule has 19 heavy (non-hydrogen) atoms. The van der Waals surface area contributed by atoms with E-state index in [4.69, 9.17) is 4.74 Å². The number of nitrogens with zero attached hydrogens (tertiary/aromatic N) is 2. The van der Waals surface area contributed by atoms with Crippen LogP contribution in [0.3, 0.4) is 0 Å². The van der Waals surface area contributed by atoms with Gasteiger partial charge in [0.25, 0.3) is 5.69 Å². The number of nitro groups is 1. The maximum atomic E-state index is 11.2. The molecular weight excluding hydrogens is 252 g/mol. The van der Waals surface area contributed by atoms with E-state index in [0.717, 1.165) is 12.5 Å².